The van der Waals surface area contributed by atoms with Gasteiger partial charge in [-0.3, -0.25) is 9.59 Å². The van der Waals surface area contributed by atoms with Crippen LogP contribution in [0.3, 0.4) is 0 Å². The third-order valence-corrected chi connectivity index (χ3v) is 6.02. The van der Waals surface area contributed by atoms with Gasteiger partial charge in [0.05, 0.1) is 5.56 Å². The first-order chi connectivity index (χ1) is 15.4. The molecule has 1 saturated heterocycles. The van der Waals surface area contributed by atoms with Crippen LogP contribution >= 0.6 is 0 Å². The zero-order valence-electron chi connectivity index (χ0n) is 18.7. The summed E-state index contributed by atoms with van der Waals surface area (Å²) in [6.07, 6.45) is 3.08. The fourth-order valence-electron chi connectivity index (χ4n) is 4.24. The standard InChI is InChI=1S/C26H28FN3O2/c1-17-10-11-18(16-21(17)25(31)29(2)3)28-23-13-12-20(24-19(23)8-7-9-22(24)27)26(32)30-14-5-4-6-15-30/h7-13,16,28H,4-6,14-15H2,1-3H3. The Labute approximate surface area is 187 Å². The van der Waals surface area contributed by atoms with E-state index in [0.717, 1.165) is 30.5 Å². The van der Waals surface area contributed by atoms with Crippen molar-refractivity contribution in [1.29, 1.82) is 0 Å². The van der Waals surface area contributed by atoms with E-state index in [9.17, 15) is 14.0 Å². The molecule has 0 aromatic heterocycles. The molecule has 0 radical (unpaired) electrons. The normalized spacial score (nSPS) is 13.8. The van der Waals surface area contributed by atoms with Gasteiger partial charge in [0.25, 0.3) is 11.8 Å². The number of amides is 2. The molecule has 1 fully saturated rings. The minimum atomic E-state index is -0.418. The number of piperidine rings is 1. The smallest absolute Gasteiger partial charge is 0.254 e. The highest BCUT2D eigenvalue weighted by atomic mass is 19.1. The van der Waals surface area contributed by atoms with Crippen molar-refractivity contribution in [3.63, 3.8) is 0 Å². The van der Waals surface area contributed by atoms with Crippen molar-refractivity contribution in [2.75, 3.05) is 32.5 Å². The van der Waals surface area contributed by atoms with Crippen molar-refractivity contribution in [2.24, 2.45) is 0 Å². The summed E-state index contributed by atoms with van der Waals surface area (Å²) in [6.45, 7) is 3.31. The van der Waals surface area contributed by atoms with Crippen LogP contribution < -0.4 is 5.32 Å². The number of rotatable bonds is 4. The minimum absolute atomic E-state index is 0.0791. The lowest BCUT2D eigenvalue weighted by Gasteiger charge is -2.27. The van der Waals surface area contributed by atoms with Gasteiger partial charge in [-0.2, -0.15) is 0 Å². The fraction of sp³-hybridized carbons (Fsp3) is 0.308. The van der Waals surface area contributed by atoms with Crippen LogP contribution in [0, 0.1) is 12.7 Å². The summed E-state index contributed by atoms with van der Waals surface area (Å²) in [5.41, 5.74) is 3.28. The summed E-state index contributed by atoms with van der Waals surface area (Å²) < 4.78 is 15.0. The van der Waals surface area contributed by atoms with Crippen LogP contribution in [0.15, 0.2) is 48.5 Å². The Morgan fingerprint density at radius 1 is 0.969 bits per heavy atom. The average Bonchev–Trinajstić information content (AvgIpc) is 2.80. The molecule has 6 heteroatoms. The van der Waals surface area contributed by atoms with Crippen molar-refractivity contribution in [1.82, 2.24) is 9.80 Å². The number of aryl methyl sites for hydroxylation is 1. The van der Waals surface area contributed by atoms with Gasteiger partial charge in [-0.25, -0.2) is 4.39 Å². The Morgan fingerprint density at radius 2 is 1.72 bits per heavy atom. The van der Waals surface area contributed by atoms with E-state index in [1.54, 1.807) is 32.3 Å². The lowest BCUT2D eigenvalue weighted by molar-refractivity contribution is 0.0725. The number of carbonyl (C=O) groups excluding carboxylic acids is 2. The summed E-state index contributed by atoms with van der Waals surface area (Å²) >= 11 is 0. The number of anilines is 2. The second-order valence-electron chi connectivity index (χ2n) is 8.53. The van der Waals surface area contributed by atoms with Crippen molar-refractivity contribution in [2.45, 2.75) is 26.2 Å². The first-order valence-corrected chi connectivity index (χ1v) is 11.0. The second kappa shape index (κ2) is 8.99. The molecule has 0 atom stereocenters. The molecule has 4 rings (SSSR count). The minimum Gasteiger partial charge on any atom is -0.355 e. The molecule has 32 heavy (non-hydrogen) atoms. The van der Waals surface area contributed by atoms with Crippen LogP contribution in [-0.2, 0) is 0 Å². The molecule has 3 aromatic rings. The van der Waals surface area contributed by atoms with Gasteiger partial charge in [0.15, 0.2) is 0 Å². The van der Waals surface area contributed by atoms with Crippen LogP contribution in [0.2, 0.25) is 0 Å². The number of hydrogen-bond donors (Lipinski definition) is 1. The molecule has 1 aliphatic rings. The molecule has 0 spiro atoms. The van der Waals surface area contributed by atoms with E-state index in [4.69, 9.17) is 0 Å². The summed E-state index contributed by atoms with van der Waals surface area (Å²) in [5, 5.41) is 4.28. The highest BCUT2D eigenvalue weighted by Gasteiger charge is 2.22. The van der Waals surface area contributed by atoms with Crippen LogP contribution in [0.5, 0.6) is 0 Å². The van der Waals surface area contributed by atoms with Gasteiger partial charge in [-0.15, -0.1) is 0 Å². The molecule has 5 nitrogen and oxygen atoms in total. The van der Waals surface area contributed by atoms with Crippen molar-refractivity contribution >= 4 is 34.0 Å². The van der Waals surface area contributed by atoms with E-state index in [-0.39, 0.29) is 11.8 Å². The van der Waals surface area contributed by atoms with Gasteiger partial charge in [0.1, 0.15) is 5.82 Å². The highest BCUT2D eigenvalue weighted by Crippen LogP contribution is 2.32. The highest BCUT2D eigenvalue weighted by molar-refractivity contribution is 6.11. The van der Waals surface area contributed by atoms with Gasteiger partial charge in [0.2, 0.25) is 0 Å². The lowest BCUT2D eigenvalue weighted by atomic mass is 9.99. The predicted octanol–water partition coefficient (Wildman–Crippen LogP) is 5.36. The summed E-state index contributed by atoms with van der Waals surface area (Å²) in [7, 11) is 3.44. The molecule has 1 heterocycles. The summed E-state index contributed by atoms with van der Waals surface area (Å²) in [4.78, 5) is 29.0. The maximum absolute atomic E-state index is 15.0. The van der Waals surface area contributed by atoms with Gasteiger partial charge in [0, 0.05) is 54.9 Å². The van der Waals surface area contributed by atoms with E-state index in [2.05, 4.69) is 5.32 Å². The molecule has 1 aliphatic heterocycles. The molecular formula is C26H28FN3O2. The Kier molecular flexibility index (Phi) is 6.12. The monoisotopic (exact) mass is 433 g/mol. The lowest BCUT2D eigenvalue weighted by Crippen LogP contribution is -2.35. The third-order valence-electron chi connectivity index (χ3n) is 6.02. The van der Waals surface area contributed by atoms with E-state index < -0.39 is 5.82 Å². The molecule has 0 aliphatic carbocycles. The van der Waals surface area contributed by atoms with E-state index in [0.29, 0.717) is 40.7 Å². The molecular weight excluding hydrogens is 405 g/mol. The van der Waals surface area contributed by atoms with Crippen molar-refractivity contribution < 1.29 is 14.0 Å². The van der Waals surface area contributed by atoms with Gasteiger partial charge in [-0.1, -0.05) is 18.2 Å². The molecule has 2 amide bonds. The van der Waals surface area contributed by atoms with Crippen LogP contribution in [0.4, 0.5) is 15.8 Å². The number of fused-ring (bicyclic) bond motifs is 1. The van der Waals surface area contributed by atoms with Gasteiger partial charge >= 0.3 is 0 Å². The largest absolute Gasteiger partial charge is 0.355 e. The van der Waals surface area contributed by atoms with Crippen molar-refractivity contribution in [3.8, 4) is 0 Å². The average molecular weight is 434 g/mol. The first kappa shape index (κ1) is 21.8. The zero-order chi connectivity index (χ0) is 22.8. The third kappa shape index (κ3) is 4.17. The first-order valence-electron chi connectivity index (χ1n) is 11.0. The predicted molar refractivity (Wildman–Crippen MR) is 126 cm³/mol. The number of hydrogen-bond acceptors (Lipinski definition) is 3. The number of nitrogens with zero attached hydrogens (tertiary/aromatic N) is 2. The van der Waals surface area contributed by atoms with Crippen molar-refractivity contribution in [3.05, 3.63) is 71.0 Å². The molecule has 0 bridgehead atoms. The van der Waals surface area contributed by atoms with E-state index >= 15 is 0 Å². The van der Waals surface area contributed by atoms with Gasteiger partial charge in [-0.05, 0) is 62.1 Å². The number of likely N-dealkylation sites (tertiary alicyclic amines) is 1. The Balaban J connectivity index is 1.74. The Bertz CT molecular complexity index is 1180. The van der Waals surface area contributed by atoms with E-state index in [1.165, 1.54) is 11.0 Å². The Hall–Kier alpha value is -3.41. The van der Waals surface area contributed by atoms with E-state index in [1.807, 2.05) is 36.1 Å². The summed E-state index contributed by atoms with van der Waals surface area (Å²) in [6, 6.07) is 13.9. The van der Waals surface area contributed by atoms with Gasteiger partial charge < -0.3 is 15.1 Å². The number of halogens is 1. The second-order valence-corrected chi connectivity index (χ2v) is 8.53. The fourth-order valence-corrected chi connectivity index (χ4v) is 4.24. The molecule has 0 saturated carbocycles. The van der Waals surface area contributed by atoms with Crippen LogP contribution in [-0.4, -0.2) is 48.8 Å². The van der Waals surface area contributed by atoms with Crippen LogP contribution in [0.25, 0.3) is 10.8 Å². The topological polar surface area (TPSA) is 52.7 Å². The number of carbonyl (C=O) groups is 2. The maximum atomic E-state index is 15.0. The van der Waals surface area contributed by atoms with Crippen LogP contribution in [0.1, 0.15) is 45.5 Å². The molecule has 1 N–H and O–H groups in total. The number of nitrogens with one attached hydrogen (secondary N) is 1. The number of benzene rings is 3. The Morgan fingerprint density at radius 3 is 2.44 bits per heavy atom. The molecule has 3 aromatic carbocycles. The molecule has 0 unspecified atom stereocenters. The quantitative estimate of drug-likeness (QED) is 0.603. The summed E-state index contributed by atoms with van der Waals surface area (Å²) in [5.74, 6) is -0.621. The molecule has 166 valence electrons. The SMILES string of the molecule is Cc1ccc(Nc2ccc(C(=O)N3CCCCC3)c3c(F)cccc23)cc1C(=O)N(C)C. The zero-order valence-corrected chi connectivity index (χ0v) is 18.7. The maximum Gasteiger partial charge on any atom is 0.254 e.